The summed E-state index contributed by atoms with van der Waals surface area (Å²) in [5, 5.41) is 0. The number of fused-ring (bicyclic) bond motifs is 1. The van der Waals surface area contributed by atoms with Gasteiger partial charge in [0.15, 0.2) is 5.78 Å². The lowest BCUT2D eigenvalue weighted by molar-refractivity contribution is -0.117. The lowest BCUT2D eigenvalue weighted by Gasteiger charge is -2.21. The van der Waals surface area contributed by atoms with E-state index in [0.29, 0.717) is 11.7 Å². The van der Waals surface area contributed by atoms with E-state index in [1.807, 2.05) is 18.2 Å². The molecule has 1 heteroatoms. The largest absolute Gasteiger partial charge is 0.294 e. The third-order valence-electron chi connectivity index (χ3n) is 3.35. The lowest BCUT2D eigenvalue weighted by atomic mass is 9.81. The summed E-state index contributed by atoms with van der Waals surface area (Å²) in [6.45, 7) is 0. The molecule has 0 saturated carbocycles. The quantitative estimate of drug-likeness (QED) is 0.655. The van der Waals surface area contributed by atoms with Crippen LogP contribution in [0.25, 0.3) is 0 Å². The predicted molar refractivity (Wildman–Crippen MR) is 55.0 cm³/mol. The van der Waals surface area contributed by atoms with Gasteiger partial charge in [0.1, 0.15) is 0 Å². The van der Waals surface area contributed by atoms with Gasteiger partial charge >= 0.3 is 0 Å². The number of carbonyl (C=O) groups is 1. The Morgan fingerprint density at radius 3 is 2.57 bits per heavy atom. The van der Waals surface area contributed by atoms with Crippen LogP contribution in [0.15, 0.2) is 42.0 Å². The van der Waals surface area contributed by atoms with E-state index >= 15 is 0 Å². The van der Waals surface area contributed by atoms with E-state index in [1.165, 1.54) is 12.0 Å². The van der Waals surface area contributed by atoms with E-state index in [9.17, 15) is 4.79 Å². The first-order valence-electron chi connectivity index (χ1n) is 5.16. The molecule has 2 aliphatic rings. The summed E-state index contributed by atoms with van der Waals surface area (Å²) < 4.78 is 0. The summed E-state index contributed by atoms with van der Waals surface area (Å²) in [6, 6.07) is 10.2. The van der Waals surface area contributed by atoms with Crippen LogP contribution in [-0.2, 0) is 4.79 Å². The monoisotopic (exact) mass is 184 g/mol. The van der Waals surface area contributed by atoms with Crippen molar-refractivity contribution in [3.8, 4) is 0 Å². The molecule has 70 valence electrons. The van der Waals surface area contributed by atoms with Crippen LogP contribution in [0.1, 0.15) is 24.3 Å². The Kier molecular flexibility index (Phi) is 1.60. The van der Waals surface area contributed by atoms with Crippen molar-refractivity contribution in [2.45, 2.75) is 18.8 Å². The van der Waals surface area contributed by atoms with E-state index < -0.39 is 0 Å². The molecule has 0 heterocycles. The molecule has 1 nitrogen and oxygen atoms in total. The predicted octanol–water partition coefficient (Wildman–Crippen LogP) is 2.69. The van der Waals surface area contributed by atoms with Crippen LogP contribution in [0.5, 0.6) is 0 Å². The lowest BCUT2D eigenvalue weighted by Crippen LogP contribution is -2.19. The third kappa shape index (κ3) is 0.985. The van der Waals surface area contributed by atoms with E-state index in [0.717, 1.165) is 12.0 Å². The zero-order valence-electron chi connectivity index (χ0n) is 7.94. The summed E-state index contributed by atoms with van der Waals surface area (Å²) in [6.07, 6.45) is 4.35. The maximum Gasteiger partial charge on any atom is 0.166 e. The van der Waals surface area contributed by atoms with Gasteiger partial charge in [-0.3, -0.25) is 4.79 Å². The summed E-state index contributed by atoms with van der Waals surface area (Å²) in [5.74, 6) is 0.993. The Hall–Kier alpha value is -1.37. The molecule has 1 aromatic carbocycles. The molecule has 0 N–H and O–H groups in total. The highest BCUT2D eigenvalue weighted by Crippen LogP contribution is 2.45. The standard InChI is InChI=1S/C13H12O/c14-13-11-7-6-10(8-11)12(13)9-4-2-1-3-5-9/h1-5,8,10,12H,6-7H2. The highest BCUT2D eigenvalue weighted by molar-refractivity contribution is 6.04. The molecule has 2 aliphatic carbocycles. The van der Waals surface area contributed by atoms with Crippen LogP contribution < -0.4 is 0 Å². The van der Waals surface area contributed by atoms with Crippen molar-refractivity contribution < 1.29 is 4.79 Å². The number of hydrogen-bond donors (Lipinski definition) is 0. The second kappa shape index (κ2) is 2.81. The van der Waals surface area contributed by atoms with E-state index in [1.54, 1.807) is 0 Å². The maximum atomic E-state index is 11.9. The summed E-state index contributed by atoms with van der Waals surface area (Å²) in [7, 11) is 0. The minimum absolute atomic E-state index is 0.139. The molecule has 0 aromatic heterocycles. The normalized spacial score (nSPS) is 29.4. The molecule has 2 bridgehead atoms. The van der Waals surface area contributed by atoms with Gasteiger partial charge in [-0.2, -0.15) is 0 Å². The Morgan fingerprint density at radius 1 is 1.14 bits per heavy atom. The minimum atomic E-state index is 0.139. The highest BCUT2D eigenvalue weighted by Gasteiger charge is 2.40. The zero-order chi connectivity index (χ0) is 9.54. The molecule has 1 aromatic rings. The van der Waals surface area contributed by atoms with Gasteiger partial charge in [-0.15, -0.1) is 0 Å². The average Bonchev–Trinajstić information content (AvgIpc) is 2.79. The number of benzene rings is 1. The summed E-state index contributed by atoms with van der Waals surface area (Å²) >= 11 is 0. The van der Waals surface area contributed by atoms with Crippen molar-refractivity contribution in [1.82, 2.24) is 0 Å². The van der Waals surface area contributed by atoms with Crippen molar-refractivity contribution in [1.29, 1.82) is 0 Å². The molecule has 2 atom stereocenters. The fourth-order valence-electron chi connectivity index (χ4n) is 2.67. The van der Waals surface area contributed by atoms with Crippen LogP contribution in [0, 0.1) is 5.92 Å². The smallest absolute Gasteiger partial charge is 0.166 e. The van der Waals surface area contributed by atoms with E-state index in [-0.39, 0.29) is 5.92 Å². The van der Waals surface area contributed by atoms with Gasteiger partial charge in [0.25, 0.3) is 0 Å². The van der Waals surface area contributed by atoms with Crippen molar-refractivity contribution in [3.05, 3.63) is 47.5 Å². The maximum absolute atomic E-state index is 11.9. The molecule has 2 unspecified atom stereocenters. The fourth-order valence-corrected chi connectivity index (χ4v) is 2.67. The number of Topliss-reactive ketones (excluding diaryl/α,β-unsaturated/α-hetero) is 1. The molecule has 0 fully saturated rings. The molecule has 0 radical (unpaired) electrons. The first-order chi connectivity index (χ1) is 6.86. The second-order valence-electron chi connectivity index (χ2n) is 4.15. The van der Waals surface area contributed by atoms with Crippen molar-refractivity contribution >= 4 is 5.78 Å². The van der Waals surface area contributed by atoms with Crippen LogP contribution in [0.4, 0.5) is 0 Å². The van der Waals surface area contributed by atoms with Crippen LogP contribution in [0.3, 0.4) is 0 Å². The number of allylic oxidation sites excluding steroid dienone is 2. The topological polar surface area (TPSA) is 17.1 Å². The van der Waals surface area contributed by atoms with Gasteiger partial charge in [-0.1, -0.05) is 36.4 Å². The van der Waals surface area contributed by atoms with Gasteiger partial charge in [-0.25, -0.2) is 0 Å². The van der Waals surface area contributed by atoms with E-state index in [2.05, 4.69) is 18.2 Å². The molecule has 3 rings (SSSR count). The van der Waals surface area contributed by atoms with Crippen LogP contribution in [-0.4, -0.2) is 5.78 Å². The van der Waals surface area contributed by atoms with Gasteiger partial charge in [0.05, 0.1) is 5.92 Å². The average molecular weight is 184 g/mol. The molecule has 14 heavy (non-hydrogen) atoms. The first-order valence-corrected chi connectivity index (χ1v) is 5.16. The van der Waals surface area contributed by atoms with Crippen molar-refractivity contribution in [2.24, 2.45) is 5.92 Å². The summed E-state index contributed by atoms with van der Waals surface area (Å²) in [5.41, 5.74) is 2.26. The Morgan fingerprint density at radius 2 is 1.93 bits per heavy atom. The summed E-state index contributed by atoms with van der Waals surface area (Å²) in [4.78, 5) is 11.9. The number of carbonyl (C=O) groups excluding carboxylic acids is 1. The molecular formula is C13H12O. The highest BCUT2D eigenvalue weighted by atomic mass is 16.1. The number of ketones is 1. The SMILES string of the molecule is O=C1C2=CC(CC2)C1c1ccccc1. The molecular weight excluding hydrogens is 172 g/mol. The van der Waals surface area contributed by atoms with Gasteiger partial charge in [-0.05, 0) is 29.9 Å². The fraction of sp³-hybridized carbons (Fsp3) is 0.308. The molecule has 0 amide bonds. The Labute approximate surface area is 83.4 Å². The second-order valence-corrected chi connectivity index (χ2v) is 4.15. The Balaban J connectivity index is 1.99. The first kappa shape index (κ1) is 7.98. The van der Waals surface area contributed by atoms with Crippen molar-refractivity contribution in [2.75, 3.05) is 0 Å². The van der Waals surface area contributed by atoms with Gasteiger partial charge in [0, 0.05) is 0 Å². The van der Waals surface area contributed by atoms with E-state index in [4.69, 9.17) is 0 Å². The number of rotatable bonds is 1. The third-order valence-corrected chi connectivity index (χ3v) is 3.35. The molecule has 0 aliphatic heterocycles. The Bertz CT molecular complexity index is 403. The zero-order valence-corrected chi connectivity index (χ0v) is 7.94. The number of hydrogen-bond acceptors (Lipinski definition) is 1. The van der Waals surface area contributed by atoms with Crippen LogP contribution in [0.2, 0.25) is 0 Å². The molecule has 0 spiro atoms. The van der Waals surface area contributed by atoms with Crippen LogP contribution >= 0.6 is 0 Å². The minimum Gasteiger partial charge on any atom is -0.294 e. The van der Waals surface area contributed by atoms with Gasteiger partial charge in [0.2, 0.25) is 0 Å². The van der Waals surface area contributed by atoms with Crippen molar-refractivity contribution in [3.63, 3.8) is 0 Å². The van der Waals surface area contributed by atoms with Gasteiger partial charge < -0.3 is 0 Å². The molecule has 0 saturated heterocycles.